The first-order valence-corrected chi connectivity index (χ1v) is 16.4. The minimum Gasteiger partial charge on any atom is -0.504 e. The minimum absolute atomic E-state index is 0.0604. The molecular weight excluding hydrogens is 618 g/mol. The van der Waals surface area contributed by atoms with Crippen molar-refractivity contribution in [3.63, 3.8) is 0 Å². The van der Waals surface area contributed by atoms with E-state index in [0.29, 0.717) is 40.1 Å². The van der Waals surface area contributed by atoms with Gasteiger partial charge in [-0.2, -0.15) is 0 Å². The molecule has 0 radical (unpaired) electrons. The van der Waals surface area contributed by atoms with Crippen LogP contribution in [0, 0.1) is 5.92 Å². The SMILES string of the molecule is CCOc1cccc(C2C3=CCn4c(=O)n(-c5ccccc5)c(=O)n4C3CC3C(=O)C(c4ccccc4)=CC(=O)C32c2ccccc2)c1O. The van der Waals surface area contributed by atoms with Crippen LogP contribution in [0.2, 0.25) is 0 Å². The normalized spacial score (nSPS) is 22.8. The van der Waals surface area contributed by atoms with Crippen molar-refractivity contribution in [3.8, 4) is 17.2 Å². The summed E-state index contributed by atoms with van der Waals surface area (Å²) in [5.41, 5.74) is 0.532. The third-order valence-electron chi connectivity index (χ3n) is 10.3. The van der Waals surface area contributed by atoms with Crippen molar-refractivity contribution < 1.29 is 19.4 Å². The minimum atomic E-state index is -1.48. The topological polar surface area (TPSA) is 113 Å². The molecule has 2 aliphatic carbocycles. The van der Waals surface area contributed by atoms with Crippen LogP contribution in [0.1, 0.15) is 42.0 Å². The largest absolute Gasteiger partial charge is 0.504 e. The van der Waals surface area contributed by atoms with Crippen molar-refractivity contribution >= 4 is 17.1 Å². The van der Waals surface area contributed by atoms with Crippen LogP contribution in [-0.4, -0.2) is 37.2 Å². The van der Waals surface area contributed by atoms with E-state index in [1.165, 1.54) is 15.4 Å². The fourth-order valence-electron chi connectivity index (χ4n) is 8.32. The zero-order valence-corrected chi connectivity index (χ0v) is 26.7. The molecule has 2 heterocycles. The highest BCUT2D eigenvalue weighted by Crippen LogP contribution is 2.62. The number of allylic oxidation sites excluding steroid dienone is 4. The molecule has 1 N–H and O–H groups in total. The number of aromatic nitrogens is 3. The molecule has 49 heavy (non-hydrogen) atoms. The van der Waals surface area contributed by atoms with Gasteiger partial charge in [-0.05, 0) is 54.3 Å². The maximum Gasteiger partial charge on any atom is 0.352 e. The van der Waals surface area contributed by atoms with E-state index in [2.05, 4.69) is 0 Å². The Morgan fingerprint density at radius 3 is 2.18 bits per heavy atom. The Bertz CT molecular complexity index is 2300. The van der Waals surface area contributed by atoms with Gasteiger partial charge in [-0.3, -0.25) is 9.59 Å². The van der Waals surface area contributed by atoms with E-state index in [9.17, 15) is 19.5 Å². The number of carbonyl (C=O) groups is 2. The van der Waals surface area contributed by atoms with E-state index in [0.717, 1.165) is 4.57 Å². The number of aromatic hydroxyl groups is 1. The van der Waals surface area contributed by atoms with E-state index in [1.54, 1.807) is 54.6 Å². The van der Waals surface area contributed by atoms with E-state index >= 15 is 4.79 Å². The Kier molecular flexibility index (Phi) is 7.21. The van der Waals surface area contributed by atoms with Gasteiger partial charge in [0.05, 0.1) is 30.3 Å². The second-order valence-electron chi connectivity index (χ2n) is 12.6. The summed E-state index contributed by atoms with van der Waals surface area (Å²) in [6.45, 7) is 2.18. The van der Waals surface area contributed by atoms with Crippen molar-refractivity contribution in [2.24, 2.45) is 5.92 Å². The van der Waals surface area contributed by atoms with Crippen LogP contribution in [-0.2, 0) is 21.5 Å². The number of hydrogen-bond donors (Lipinski definition) is 1. The van der Waals surface area contributed by atoms with Crippen molar-refractivity contribution in [1.82, 2.24) is 13.9 Å². The molecule has 9 heteroatoms. The second-order valence-corrected chi connectivity index (χ2v) is 12.6. The van der Waals surface area contributed by atoms with Crippen LogP contribution in [0.4, 0.5) is 0 Å². The number of benzene rings is 4. The van der Waals surface area contributed by atoms with Gasteiger partial charge in [-0.15, -0.1) is 0 Å². The zero-order valence-electron chi connectivity index (χ0n) is 26.7. The molecule has 1 aromatic heterocycles. The summed E-state index contributed by atoms with van der Waals surface area (Å²) in [6, 6.07) is 31.5. The number of fused-ring (bicyclic) bond motifs is 4. The van der Waals surface area contributed by atoms with Gasteiger partial charge in [-0.1, -0.05) is 97.1 Å². The van der Waals surface area contributed by atoms with Crippen molar-refractivity contribution in [2.75, 3.05) is 6.61 Å². The number of hydrogen-bond acceptors (Lipinski definition) is 6. The number of rotatable bonds is 6. The first kappa shape index (κ1) is 30.4. The van der Waals surface area contributed by atoms with Crippen molar-refractivity contribution in [1.29, 1.82) is 0 Å². The van der Waals surface area contributed by atoms with Gasteiger partial charge in [0.25, 0.3) is 0 Å². The number of phenolic OH excluding ortho intramolecular Hbond substituents is 1. The maximum absolute atomic E-state index is 15.1. The molecule has 0 bridgehead atoms. The second kappa shape index (κ2) is 11.6. The van der Waals surface area contributed by atoms with Crippen LogP contribution in [0.5, 0.6) is 11.5 Å². The van der Waals surface area contributed by atoms with E-state index in [-0.39, 0.29) is 36.0 Å². The maximum atomic E-state index is 15.1. The average molecular weight is 652 g/mol. The predicted octanol–water partition coefficient (Wildman–Crippen LogP) is 5.36. The summed E-state index contributed by atoms with van der Waals surface area (Å²) in [5, 5.41) is 11.9. The molecule has 1 saturated carbocycles. The molecule has 4 aromatic carbocycles. The highest BCUT2D eigenvalue weighted by molar-refractivity contribution is 6.31. The van der Waals surface area contributed by atoms with Crippen LogP contribution in [0.3, 0.4) is 0 Å². The van der Waals surface area contributed by atoms with Crippen LogP contribution in [0.25, 0.3) is 11.3 Å². The Morgan fingerprint density at radius 1 is 0.816 bits per heavy atom. The number of ketones is 2. The smallest absolute Gasteiger partial charge is 0.352 e. The molecule has 0 spiro atoms. The van der Waals surface area contributed by atoms with Gasteiger partial charge in [0, 0.05) is 23.0 Å². The molecular formula is C40H33N3O6. The van der Waals surface area contributed by atoms with Gasteiger partial charge in [-0.25, -0.2) is 23.5 Å². The van der Waals surface area contributed by atoms with Crippen molar-refractivity contribution in [2.45, 2.75) is 37.3 Å². The molecule has 5 aromatic rings. The van der Waals surface area contributed by atoms with Gasteiger partial charge in [0.15, 0.2) is 23.1 Å². The zero-order chi connectivity index (χ0) is 33.9. The summed E-state index contributed by atoms with van der Waals surface area (Å²) in [7, 11) is 0. The highest BCUT2D eigenvalue weighted by atomic mass is 16.5. The van der Waals surface area contributed by atoms with Gasteiger partial charge >= 0.3 is 11.4 Å². The molecule has 3 aliphatic rings. The molecule has 244 valence electrons. The third kappa shape index (κ3) is 4.38. The predicted molar refractivity (Wildman–Crippen MR) is 184 cm³/mol. The lowest BCUT2D eigenvalue weighted by atomic mass is 9.47. The lowest BCUT2D eigenvalue weighted by molar-refractivity contribution is -0.133. The fourth-order valence-corrected chi connectivity index (χ4v) is 8.32. The molecule has 1 fully saturated rings. The average Bonchev–Trinajstić information content (AvgIpc) is 3.40. The Balaban J connectivity index is 1.44. The third-order valence-corrected chi connectivity index (χ3v) is 10.3. The lowest BCUT2D eigenvalue weighted by Gasteiger charge is -2.54. The number of nitrogens with zero attached hydrogens (tertiary/aromatic N) is 3. The number of Topliss-reactive ketones (excluding diaryl/α,β-unsaturated/α-hetero) is 1. The van der Waals surface area contributed by atoms with Gasteiger partial charge in [0.1, 0.15) is 0 Å². The van der Waals surface area contributed by atoms with Crippen LogP contribution in [0.15, 0.2) is 137 Å². The Hall–Kier alpha value is -5.96. The molecule has 0 saturated heterocycles. The number of para-hydroxylation sites is 2. The summed E-state index contributed by atoms with van der Waals surface area (Å²) in [6.07, 6.45) is 3.42. The Labute approximate surface area is 281 Å². The number of carbonyl (C=O) groups excluding carboxylic acids is 2. The molecule has 9 nitrogen and oxygen atoms in total. The van der Waals surface area contributed by atoms with E-state index in [4.69, 9.17) is 4.74 Å². The standard InChI is InChI=1S/C40H33N3O6/c1-2-49-33-20-12-19-29(37(33)46)35-28-21-22-41-38(47)42(27-17-10-5-11-18-27)39(48)43(41)32(28)24-31-36(45)30(25-13-6-3-7-14-25)23-34(44)40(31,35)26-15-8-4-9-16-26/h3-21,23,31-32,35,46H,2,22,24H2,1H3. The monoisotopic (exact) mass is 651 g/mol. The Morgan fingerprint density at radius 2 is 1.49 bits per heavy atom. The summed E-state index contributed by atoms with van der Waals surface area (Å²) in [5.74, 6) is -2.25. The summed E-state index contributed by atoms with van der Waals surface area (Å²) in [4.78, 5) is 58.3. The lowest BCUT2D eigenvalue weighted by Crippen LogP contribution is -2.58. The first-order chi connectivity index (χ1) is 23.9. The van der Waals surface area contributed by atoms with Crippen LogP contribution < -0.4 is 16.1 Å². The highest BCUT2D eigenvalue weighted by Gasteiger charge is 2.63. The fraction of sp³-hybridized carbons (Fsp3) is 0.200. The number of phenols is 1. The first-order valence-electron chi connectivity index (χ1n) is 16.4. The molecule has 8 rings (SSSR count). The summed E-state index contributed by atoms with van der Waals surface area (Å²) < 4.78 is 9.79. The van der Waals surface area contributed by atoms with Crippen LogP contribution >= 0.6 is 0 Å². The van der Waals surface area contributed by atoms with Gasteiger partial charge in [0.2, 0.25) is 0 Å². The molecule has 4 unspecified atom stereocenters. The molecule has 4 atom stereocenters. The summed E-state index contributed by atoms with van der Waals surface area (Å²) >= 11 is 0. The van der Waals surface area contributed by atoms with E-state index < -0.39 is 34.7 Å². The number of ether oxygens (including phenoxy) is 1. The quantitative estimate of drug-likeness (QED) is 0.248. The van der Waals surface area contributed by atoms with E-state index in [1.807, 2.05) is 67.6 Å². The van der Waals surface area contributed by atoms with Crippen molar-refractivity contribution in [3.05, 3.63) is 165 Å². The molecule has 0 amide bonds. The van der Waals surface area contributed by atoms with Gasteiger partial charge < -0.3 is 9.84 Å². The molecule has 1 aliphatic heterocycles.